The lowest BCUT2D eigenvalue weighted by molar-refractivity contribution is -0.154. The van der Waals surface area contributed by atoms with E-state index in [4.69, 9.17) is 0 Å². The third-order valence-electron chi connectivity index (χ3n) is 2.46. The summed E-state index contributed by atoms with van der Waals surface area (Å²) in [6.07, 6.45) is -0.878. The molecule has 0 amide bonds. The van der Waals surface area contributed by atoms with Gasteiger partial charge in [-0.25, -0.2) is 4.98 Å². The van der Waals surface area contributed by atoms with Crippen molar-refractivity contribution in [2.45, 2.75) is 12.7 Å². The van der Waals surface area contributed by atoms with Gasteiger partial charge in [0, 0.05) is 38.2 Å². The van der Waals surface area contributed by atoms with Crippen molar-refractivity contribution >= 4 is 17.7 Å². The Morgan fingerprint density at radius 3 is 2.68 bits per heavy atom. The van der Waals surface area contributed by atoms with Crippen LogP contribution < -0.4 is 15.4 Å². The van der Waals surface area contributed by atoms with Gasteiger partial charge in [0.25, 0.3) is 0 Å². The highest BCUT2D eigenvalue weighted by molar-refractivity contribution is 7.98. The Labute approximate surface area is 131 Å². The average Bonchev–Trinajstić information content (AvgIpc) is 2.49. The lowest BCUT2D eigenvalue weighted by Crippen LogP contribution is -2.37. The van der Waals surface area contributed by atoms with Crippen LogP contribution >= 0.6 is 11.8 Å². The average molecular weight is 336 g/mol. The first kappa shape index (κ1) is 18.4. The van der Waals surface area contributed by atoms with E-state index in [1.54, 1.807) is 24.9 Å². The Morgan fingerprint density at radius 1 is 1.36 bits per heavy atom. The van der Waals surface area contributed by atoms with Gasteiger partial charge in [-0.3, -0.25) is 4.99 Å². The summed E-state index contributed by atoms with van der Waals surface area (Å²) in [7, 11) is 1.67. The fourth-order valence-corrected chi connectivity index (χ4v) is 1.74. The van der Waals surface area contributed by atoms with Gasteiger partial charge in [-0.15, -0.1) is 0 Å². The summed E-state index contributed by atoms with van der Waals surface area (Å²) < 4.78 is 40.6. The molecule has 1 aromatic rings. The molecule has 0 aliphatic carbocycles. The first-order valence-electron chi connectivity index (χ1n) is 6.52. The number of nitrogens with one attached hydrogen (secondary N) is 2. The Hall–Kier alpha value is -1.64. The van der Waals surface area contributed by atoms with Crippen molar-refractivity contribution in [3.8, 4) is 5.88 Å². The number of aliphatic imine (C=N–C) groups is 1. The summed E-state index contributed by atoms with van der Waals surface area (Å²) in [5.41, 5.74) is 0.812. The van der Waals surface area contributed by atoms with Crippen molar-refractivity contribution in [1.82, 2.24) is 15.6 Å². The van der Waals surface area contributed by atoms with Crippen molar-refractivity contribution in [1.29, 1.82) is 0 Å². The molecule has 0 radical (unpaired) electrons. The molecule has 0 saturated heterocycles. The highest BCUT2D eigenvalue weighted by atomic mass is 32.2. The van der Waals surface area contributed by atoms with Crippen LogP contribution in [0.2, 0.25) is 0 Å². The third kappa shape index (κ3) is 7.96. The van der Waals surface area contributed by atoms with Crippen molar-refractivity contribution in [3.63, 3.8) is 0 Å². The molecule has 5 nitrogen and oxygen atoms in total. The molecule has 1 aromatic heterocycles. The highest BCUT2D eigenvalue weighted by Crippen LogP contribution is 2.16. The highest BCUT2D eigenvalue weighted by Gasteiger charge is 2.28. The minimum absolute atomic E-state index is 0.0523. The Balaban J connectivity index is 2.40. The number of ether oxygens (including phenoxy) is 1. The SMILES string of the molecule is CN=C(NCCSC)NCc1ccc(OCC(F)(F)F)nc1. The molecule has 0 bridgehead atoms. The standard InChI is InChI=1S/C13H19F3N4OS/c1-17-12(18-5-6-22-2)20-8-10-3-4-11(19-7-10)21-9-13(14,15)16/h3-4,7H,5-6,8-9H2,1-2H3,(H2,17,18,20). The molecule has 2 N–H and O–H groups in total. The number of hydrogen-bond acceptors (Lipinski definition) is 4. The molecule has 1 rings (SSSR count). The van der Waals surface area contributed by atoms with E-state index in [0.717, 1.165) is 17.9 Å². The van der Waals surface area contributed by atoms with E-state index in [1.165, 1.54) is 12.3 Å². The van der Waals surface area contributed by atoms with Crippen LogP contribution in [0.3, 0.4) is 0 Å². The second kappa shape index (κ2) is 9.39. The number of pyridine rings is 1. The van der Waals surface area contributed by atoms with Crippen molar-refractivity contribution in [2.24, 2.45) is 4.99 Å². The van der Waals surface area contributed by atoms with E-state index in [2.05, 4.69) is 25.3 Å². The first-order valence-corrected chi connectivity index (χ1v) is 7.92. The van der Waals surface area contributed by atoms with E-state index >= 15 is 0 Å². The fraction of sp³-hybridized carbons (Fsp3) is 0.538. The second-order valence-corrected chi connectivity index (χ2v) is 5.24. The van der Waals surface area contributed by atoms with Crippen LogP contribution in [0.1, 0.15) is 5.56 Å². The molecular weight excluding hydrogens is 317 g/mol. The van der Waals surface area contributed by atoms with Crippen LogP contribution in [-0.2, 0) is 6.54 Å². The number of nitrogens with zero attached hydrogens (tertiary/aromatic N) is 2. The summed E-state index contributed by atoms with van der Waals surface area (Å²) in [6, 6.07) is 3.06. The fourth-order valence-electron chi connectivity index (χ4n) is 1.43. The van der Waals surface area contributed by atoms with Crippen LogP contribution in [-0.4, -0.2) is 49.3 Å². The Bertz CT molecular complexity index is 465. The Kier molecular flexibility index (Phi) is 7.86. The molecule has 0 aliphatic rings. The van der Waals surface area contributed by atoms with Gasteiger partial charge in [0.05, 0.1) is 0 Å². The molecule has 0 fully saturated rings. The summed E-state index contributed by atoms with van der Waals surface area (Å²) >= 11 is 1.73. The minimum atomic E-state index is -4.36. The van der Waals surface area contributed by atoms with Crippen LogP contribution in [0.4, 0.5) is 13.2 Å². The molecule has 0 spiro atoms. The molecule has 0 saturated carbocycles. The molecule has 0 aromatic carbocycles. The van der Waals surface area contributed by atoms with E-state index in [-0.39, 0.29) is 5.88 Å². The molecule has 22 heavy (non-hydrogen) atoms. The number of hydrogen-bond donors (Lipinski definition) is 2. The minimum Gasteiger partial charge on any atom is -0.468 e. The van der Waals surface area contributed by atoms with Gasteiger partial charge < -0.3 is 15.4 Å². The van der Waals surface area contributed by atoms with E-state index in [9.17, 15) is 13.2 Å². The van der Waals surface area contributed by atoms with Gasteiger partial charge in [0.2, 0.25) is 5.88 Å². The zero-order valence-electron chi connectivity index (χ0n) is 12.4. The topological polar surface area (TPSA) is 58.5 Å². The molecule has 0 aliphatic heterocycles. The van der Waals surface area contributed by atoms with Gasteiger partial charge in [-0.1, -0.05) is 6.07 Å². The quantitative estimate of drug-likeness (QED) is 0.453. The molecule has 1 heterocycles. The zero-order valence-corrected chi connectivity index (χ0v) is 13.2. The molecule has 124 valence electrons. The number of rotatable bonds is 7. The largest absolute Gasteiger partial charge is 0.468 e. The van der Waals surface area contributed by atoms with Crippen LogP contribution in [0.5, 0.6) is 5.88 Å². The number of guanidine groups is 1. The summed E-state index contributed by atoms with van der Waals surface area (Å²) in [4.78, 5) is 7.90. The number of alkyl halides is 3. The zero-order chi connectivity index (χ0) is 16.4. The smallest absolute Gasteiger partial charge is 0.422 e. The van der Waals surface area contributed by atoms with Crippen molar-refractivity contribution in [3.05, 3.63) is 23.9 Å². The van der Waals surface area contributed by atoms with Crippen LogP contribution in [0, 0.1) is 0 Å². The van der Waals surface area contributed by atoms with Crippen LogP contribution in [0.15, 0.2) is 23.3 Å². The van der Waals surface area contributed by atoms with Gasteiger partial charge >= 0.3 is 6.18 Å². The summed E-state index contributed by atoms with van der Waals surface area (Å²) in [6.45, 7) is -0.0849. The van der Waals surface area contributed by atoms with E-state index < -0.39 is 12.8 Å². The van der Waals surface area contributed by atoms with Crippen molar-refractivity contribution < 1.29 is 17.9 Å². The predicted molar refractivity (Wildman–Crippen MR) is 82.4 cm³/mol. The van der Waals surface area contributed by atoms with Gasteiger partial charge in [0.15, 0.2) is 12.6 Å². The maximum absolute atomic E-state index is 12.0. The van der Waals surface area contributed by atoms with Gasteiger partial charge in [-0.2, -0.15) is 24.9 Å². The monoisotopic (exact) mass is 336 g/mol. The molecular formula is C13H19F3N4OS. The van der Waals surface area contributed by atoms with Crippen molar-refractivity contribution in [2.75, 3.05) is 32.2 Å². The first-order chi connectivity index (χ1) is 10.4. The van der Waals surface area contributed by atoms with Gasteiger partial charge in [0.1, 0.15) is 0 Å². The second-order valence-electron chi connectivity index (χ2n) is 4.25. The molecule has 0 atom stereocenters. The third-order valence-corrected chi connectivity index (χ3v) is 3.08. The maximum Gasteiger partial charge on any atom is 0.422 e. The predicted octanol–water partition coefficient (Wildman–Crippen LogP) is 2.05. The molecule has 9 heteroatoms. The van der Waals surface area contributed by atoms with Gasteiger partial charge in [-0.05, 0) is 11.8 Å². The number of halogens is 3. The lowest BCUT2D eigenvalue weighted by atomic mass is 10.3. The Morgan fingerprint density at radius 2 is 2.14 bits per heavy atom. The lowest BCUT2D eigenvalue weighted by Gasteiger charge is -2.12. The maximum atomic E-state index is 12.0. The normalized spacial score (nSPS) is 12.1. The summed E-state index contributed by atoms with van der Waals surface area (Å²) in [5, 5.41) is 6.23. The van der Waals surface area contributed by atoms with Crippen LogP contribution in [0.25, 0.3) is 0 Å². The number of thioether (sulfide) groups is 1. The molecule has 0 unspecified atom stereocenters. The van der Waals surface area contributed by atoms with E-state index in [1.807, 2.05) is 6.26 Å². The van der Waals surface area contributed by atoms with E-state index in [0.29, 0.717) is 12.5 Å². The number of aromatic nitrogens is 1. The summed E-state index contributed by atoms with van der Waals surface area (Å²) in [5.74, 6) is 1.57.